The molecule has 0 aliphatic rings. The number of nitrogens with one attached hydrogen (secondary N) is 1. The molecule has 150 valence electrons. The van der Waals surface area contributed by atoms with Crippen LogP contribution in [0, 0.1) is 6.92 Å². The summed E-state index contributed by atoms with van der Waals surface area (Å²) in [6, 6.07) is 21.0. The first-order chi connectivity index (χ1) is 14.0. The van der Waals surface area contributed by atoms with Crippen LogP contribution in [0.25, 0.3) is 11.1 Å². The average Bonchev–Trinajstić information content (AvgIpc) is 2.72. The van der Waals surface area contributed by atoms with Crippen LogP contribution >= 0.6 is 11.9 Å². The maximum atomic E-state index is 12.1. The van der Waals surface area contributed by atoms with E-state index in [9.17, 15) is 4.79 Å². The third-order valence-corrected chi connectivity index (χ3v) is 5.38. The Morgan fingerprint density at radius 1 is 0.966 bits per heavy atom. The molecule has 0 saturated heterocycles. The van der Waals surface area contributed by atoms with Gasteiger partial charge in [-0.3, -0.25) is 14.1 Å². The quantitative estimate of drug-likeness (QED) is 0.424. The largest absolute Gasteiger partial charge is 0.352 e. The Kier molecular flexibility index (Phi) is 7.44. The first kappa shape index (κ1) is 21.1. The van der Waals surface area contributed by atoms with Gasteiger partial charge < -0.3 is 5.32 Å². The number of nitrogens with zero attached hydrogens (tertiary/aromatic N) is 2. The van der Waals surface area contributed by atoms with Crippen molar-refractivity contribution in [2.24, 2.45) is 0 Å². The summed E-state index contributed by atoms with van der Waals surface area (Å²) < 4.78 is 2.09. The molecule has 0 radical (unpaired) electrons. The van der Waals surface area contributed by atoms with Gasteiger partial charge in [-0.2, -0.15) is 0 Å². The number of carbonyl (C=O) groups is 1. The van der Waals surface area contributed by atoms with E-state index < -0.39 is 0 Å². The highest BCUT2D eigenvalue weighted by atomic mass is 32.2. The van der Waals surface area contributed by atoms with E-state index in [1.54, 1.807) is 18.1 Å². The zero-order chi connectivity index (χ0) is 20.6. The molecule has 0 atom stereocenters. The smallest absolute Gasteiger partial charge is 0.252 e. The SMILES string of the molecule is Cc1ccc(C(=O)NCCCc2ccc(-c3ccc(SN(C)C)cc3)cc2)cn1. The van der Waals surface area contributed by atoms with E-state index in [4.69, 9.17) is 0 Å². The van der Waals surface area contributed by atoms with Gasteiger partial charge in [0.2, 0.25) is 0 Å². The molecular formula is C24H27N3OS. The van der Waals surface area contributed by atoms with Gasteiger partial charge in [-0.15, -0.1) is 0 Å². The number of pyridine rings is 1. The highest BCUT2D eigenvalue weighted by Gasteiger charge is 2.05. The molecule has 29 heavy (non-hydrogen) atoms. The lowest BCUT2D eigenvalue weighted by molar-refractivity contribution is 0.0953. The fourth-order valence-electron chi connectivity index (χ4n) is 2.98. The summed E-state index contributed by atoms with van der Waals surface area (Å²) in [5, 5.41) is 2.96. The second-order valence-corrected chi connectivity index (χ2v) is 8.56. The Labute approximate surface area is 177 Å². The van der Waals surface area contributed by atoms with Crippen molar-refractivity contribution in [2.45, 2.75) is 24.7 Å². The molecular weight excluding hydrogens is 378 g/mol. The number of aryl methyl sites for hydroxylation is 2. The Bertz CT molecular complexity index is 920. The number of hydrogen-bond donors (Lipinski definition) is 1. The first-order valence-corrected chi connectivity index (χ1v) is 10.5. The van der Waals surface area contributed by atoms with Gasteiger partial charge in [0, 0.05) is 23.3 Å². The maximum absolute atomic E-state index is 12.1. The van der Waals surface area contributed by atoms with Crippen LogP contribution in [0.15, 0.2) is 71.8 Å². The number of amides is 1. The predicted molar refractivity (Wildman–Crippen MR) is 121 cm³/mol. The standard InChI is InChI=1S/C24H27N3OS/c1-18-6-9-22(17-26-18)24(28)25-16-4-5-19-7-10-20(11-8-19)21-12-14-23(15-13-21)29-27(2)3/h6-15,17H,4-5,16H2,1-3H3,(H,25,28). The van der Waals surface area contributed by atoms with E-state index in [-0.39, 0.29) is 5.91 Å². The summed E-state index contributed by atoms with van der Waals surface area (Å²) in [4.78, 5) is 17.5. The second kappa shape index (κ2) is 10.2. The van der Waals surface area contributed by atoms with E-state index >= 15 is 0 Å². The molecule has 0 unspecified atom stereocenters. The predicted octanol–water partition coefficient (Wildman–Crippen LogP) is 4.99. The Hall–Kier alpha value is -2.63. The topological polar surface area (TPSA) is 45.2 Å². The molecule has 1 amide bonds. The zero-order valence-electron chi connectivity index (χ0n) is 17.2. The molecule has 2 aromatic carbocycles. The molecule has 1 N–H and O–H groups in total. The third-order valence-electron chi connectivity index (χ3n) is 4.53. The molecule has 4 nitrogen and oxygen atoms in total. The zero-order valence-corrected chi connectivity index (χ0v) is 18.0. The van der Waals surface area contributed by atoms with Gasteiger partial charge >= 0.3 is 0 Å². The van der Waals surface area contributed by atoms with Crippen LogP contribution in [-0.2, 0) is 6.42 Å². The number of rotatable bonds is 8. The molecule has 0 saturated carbocycles. The van der Waals surface area contributed by atoms with Crippen molar-refractivity contribution in [3.63, 3.8) is 0 Å². The van der Waals surface area contributed by atoms with Crippen molar-refractivity contribution >= 4 is 17.9 Å². The summed E-state index contributed by atoms with van der Waals surface area (Å²) in [6.07, 6.45) is 3.46. The van der Waals surface area contributed by atoms with Crippen LogP contribution < -0.4 is 5.32 Å². The lowest BCUT2D eigenvalue weighted by atomic mass is 10.0. The van der Waals surface area contributed by atoms with Gasteiger partial charge in [0.25, 0.3) is 5.91 Å². The highest BCUT2D eigenvalue weighted by Crippen LogP contribution is 2.25. The fraction of sp³-hybridized carbons (Fsp3) is 0.250. The van der Waals surface area contributed by atoms with Crippen LogP contribution in [0.1, 0.15) is 28.0 Å². The minimum absolute atomic E-state index is 0.0660. The molecule has 0 fully saturated rings. The molecule has 3 aromatic rings. The van der Waals surface area contributed by atoms with Crippen molar-refractivity contribution in [3.8, 4) is 11.1 Å². The van der Waals surface area contributed by atoms with E-state index in [0.29, 0.717) is 12.1 Å². The van der Waals surface area contributed by atoms with Crippen molar-refractivity contribution in [1.29, 1.82) is 0 Å². The fourth-order valence-corrected chi connectivity index (χ4v) is 3.66. The number of hydrogen-bond acceptors (Lipinski definition) is 4. The van der Waals surface area contributed by atoms with Gasteiger partial charge in [-0.25, -0.2) is 0 Å². The summed E-state index contributed by atoms with van der Waals surface area (Å²) in [6.45, 7) is 2.56. The average molecular weight is 406 g/mol. The van der Waals surface area contributed by atoms with E-state index in [2.05, 4.69) is 63.1 Å². The molecule has 0 aliphatic heterocycles. The molecule has 0 aliphatic carbocycles. The molecule has 0 bridgehead atoms. The molecule has 3 rings (SSSR count). The summed E-state index contributed by atoms with van der Waals surface area (Å²) in [5.74, 6) is -0.0660. The first-order valence-electron chi connectivity index (χ1n) is 9.77. The number of aromatic nitrogens is 1. The monoisotopic (exact) mass is 405 g/mol. The van der Waals surface area contributed by atoms with Gasteiger partial charge in [-0.05, 0) is 86.8 Å². The summed E-state index contributed by atoms with van der Waals surface area (Å²) in [5.41, 5.74) is 5.23. The van der Waals surface area contributed by atoms with Crippen LogP contribution in [0.3, 0.4) is 0 Å². The van der Waals surface area contributed by atoms with Crippen LogP contribution in [0.2, 0.25) is 0 Å². The summed E-state index contributed by atoms with van der Waals surface area (Å²) >= 11 is 1.72. The van der Waals surface area contributed by atoms with E-state index in [1.165, 1.54) is 21.6 Å². The van der Waals surface area contributed by atoms with Gasteiger partial charge in [-0.1, -0.05) is 36.4 Å². The van der Waals surface area contributed by atoms with Crippen LogP contribution in [0.4, 0.5) is 0 Å². The van der Waals surface area contributed by atoms with Crippen molar-refractivity contribution in [2.75, 3.05) is 20.6 Å². The highest BCUT2D eigenvalue weighted by molar-refractivity contribution is 7.97. The minimum Gasteiger partial charge on any atom is -0.352 e. The minimum atomic E-state index is -0.0660. The number of benzene rings is 2. The Morgan fingerprint density at radius 3 is 2.21 bits per heavy atom. The van der Waals surface area contributed by atoms with Crippen molar-refractivity contribution < 1.29 is 4.79 Å². The number of carbonyl (C=O) groups excluding carboxylic acids is 1. The molecule has 0 spiro atoms. The molecule has 5 heteroatoms. The third kappa shape index (κ3) is 6.44. The maximum Gasteiger partial charge on any atom is 0.252 e. The Morgan fingerprint density at radius 2 is 1.62 bits per heavy atom. The normalized spacial score (nSPS) is 10.9. The van der Waals surface area contributed by atoms with Gasteiger partial charge in [0.1, 0.15) is 0 Å². The van der Waals surface area contributed by atoms with Crippen LogP contribution in [0.5, 0.6) is 0 Å². The van der Waals surface area contributed by atoms with E-state index in [0.717, 1.165) is 18.5 Å². The Balaban J connectivity index is 1.46. The second-order valence-electron chi connectivity index (χ2n) is 7.17. The lowest BCUT2D eigenvalue weighted by Crippen LogP contribution is -2.24. The van der Waals surface area contributed by atoms with Gasteiger partial charge in [0.05, 0.1) is 5.56 Å². The molecule has 1 aromatic heterocycles. The van der Waals surface area contributed by atoms with Crippen LogP contribution in [-0.4, -0.2) is 35.8 Å². The van der Waals surface area contributed by atoms with Crippen molar-refractivity contribution in [3.05, 3.63) is 83.7 Å². The van der Waals surface area contributed by atoms with E-state index in [1.807, 2.05) is 33.2 Å². The van der Waals surface area contributed by atoms with Crippen molar-refractivity contribution in [1.82, 2.24) is 14.6 Å². The molecule has 1 heterocycles. The van der Waals surface area contributed by atoms with Gasteiger partial charge in [0.15, 0.2) is 0 Å². The summed E-state index contributed by atoms with van der Waals surface area (Å²) in [7, 11) is 4.09. The lowest BCUT2D eigenvalue weighted by Gasteiger charge is -2.09.